The van der Waals surface area contributed by atoms with Gasteiger partial charge in [-0.15, -0.1) is 0 Å². The minimum Gasteiger partial charge on any atom is -0.496 e. The number of fused-ring (bicyclic) bond motifs is 1. The van der Waals surface area contributed by atoms with Gasteiger partial charge in [0.25, 0.3) is 0 Å². The molecule has 0 bridgehead atoms. The van der Waals surface area contributed by atoms with E-state index in [4.69, 9.17) is 9.47 Å². The van der Waals surface area contributed by atoms with Crippen molar-refractivity contribution in [1.82, 2.24) is 10.2 Å². The number of hydrogen-bond acceptors (Lipinski definition) is 4. The summed E-state index contributed by atoms with van der Waals surface area (Å²) < 4.78 is 10.6. The quantitative estimate of drug-likeness (QED) is 0.797. The Morgan fingerprint density at radius 2 is 2.14 bits per heavy atom. The third-order valence-electron chi connectivity index (χ3n) is 4.25. The Balaban J connectivity index is 1.89. The van der Waals surface area contributed by atoms with Crippen LogP contribution in [-0.4, -0.2) is 52.4 Å². The van der Waals surface area contributed by atoms with Crippen molar-refractivity contribution in [2.45, 2.75) is 25.3 Å². The maximum atomic E-state index is 5.50. The first-order valence-electron chi connectivity index (χ1n) is 7.83. The molecule has 0 saturated carbocycles. The van der Waals surface area contributed by atoms with Crippen LogP contribution < -0.4 is 10.1 Å². The van der Waals surface area contributed by atoms with Gasteiger partial charge < -0.3 is 19.7 Å². The lowest BCUT2D eigenvalue weighted by molar-refractivity contribution is 0.161. The second-order valence-corrected chi connectivity index (χ2v) is 5.72. The van der Waals surface area contributed by atoms with Crippen molar-refractivity contribution in [3.63, 3.8) is 0 Å². The molecule has 0 radical (unpaired) electrons. The molecular formula is C17H28N2O2. The molecule has 1 aromatic rings. The van der Waals surface area contributed by atoms with E-state index in [1.165, 1.54) is 24.0 Å². The zero-order chi connectivity index (χ0) is 15.1. The van der Waals surface area contributed by atoms with Crippen molar-refractivity contribution in [3.05, 3.63) is 29.3 Å². The largest absolute Gasteiger partial charge is 0.496 e. The topological polar surface area (TPSA) is 33.7 Å². The average molecular weight is 292 g/mol. The lowest BCUT2D eigenvalue weighted by Gasteiger charge is -2.28. The number of hydrogen-bond donors (Lipinski definition) is 1. The molecule has 1 unspecified atom stereocenters. The number of methoxy groups -OCH3 is 2. The minimum atomic E-state index is 0.458. The van der Waals surface area contributed by atoms with Crippen LogP contribution in [0, 0.1) is 0 Å². The molecule has 1 aliphatic carbocycles. The van der Waals surface area contributed by atoms with E-state index in [1.54, 1.807) is 14.2 Å². The summed E-state index contributed by atoms with van der Waals surface area (Å²) in [5.41, 5.74) is 2.80. The van der Waals surface area contributed by atoms with Crippen molar-refractivity contribution < 1.29 is 9.47 Å². The van der Waals surface area contributed by atoms with Crippen LogP contribution in [0.5, 0.6) is 5.75 Å². The summed E-state index contributed by atoms with van der Waals surface area (Å²) in [7, 11) is 5.65. The van der Waals surface area contributed by atoms with Crippen molar-refractivity contribution in [2.75, 3.05) is 47.5 Å². The Labute approximate surface area is 128 Å². The van der Waals surface area contributed by atoms with Gasteiger partial charge in [-0.05, 0) is 43.5 Å². The van der Waals surface area contributed by atoms with Crippen LogP contribution in [0.2, 0.25) is 0 Å². The van der Waals surface area contributed by atoms with Gasteiger partial charge in [0, 0.05) is 32.8 Å². The summed E-state index contributed by atoms with van der Waals surface area (Å²) in [6.45, 7) is 3.81. The molecule has 4 nitrogen and oxygen atoms in total. The second kappa shape index (κ2) is 8.37. The fourth-order valence-corrected chi connectivity index (χ4v) is 3.01. The molecule has 0 saturated heterocycles. The standard InChI is InChI=1S/C17H28N2O2/c1-19(12-13-20-2)11-10-18-16-8-4-7-15-14(16)6-5-9-17(15)21-3/h5-6,9,16,18H,4,7-8,10-13H2,1-3H3. The predicted octanol–water partition coefficient (Wildman–Crippen LogP) is 2.24. The van der Waals surface area contributed by atoms with E-state index >= 15 is 0 Å². The maximum absolute atomic E-state index is 5.50. The average Bonchev–Trinajstić information content (AvgIpc) is 2.52. The molecule has 2 rings (SSSR count). The van der Waals surface area contributed by atoms with Crippen LogP contribution in [0.15, 0.2) is 18.2 Å². The third kappa shape index (κ3) is 4.43. The van der Waals surface area contributed by atoms with Gasteiger partial charge in [0.2, 0.25) is 0 Å². The lowest BCUT2D eigenvalue weighted by Crippen LogP contribution is -2.34. The van der Waals surface area contributed by atoms with Crippen LogP contribution in [-0.2, 0) is 11.2 Å². The molecule has 0 aromatic heterocycles. The van der Waals surface area contributed by atoms with E-state index in [-0.39, 0.29) is 0 Å². The molecular weight excluding hydrogens is 264 g/mol. The Hall–Kier alpha value is -1.10. The highest BCUT2D eigenvalue weighted by molar-refractivity contribution is 5.43. The van der Waals surface area contributed by atoms with Gasteiger partial charge in [-0.25, -0.2) is 0 Å². The summed E-state index contributed by atoms with van der Waals surface area (Å²) in [5, 5.41) is 3.70. The third-order valence-corrected chi connectivity index (χ3v) is 4.25. The molecule has 1 atom stereocenters. The van der Waals surface area contributed by atoms with Gasteiger partial charge in [0.15, 0.2) is 0 Å². The highest BCUT2D eigenvalue weighted by Crippen LogP contribution is 2.34. The monoisotopic (exact) mass is 292 g/mol. The minimum absolute atomic E-state index is 0.458. The smallest absolute Gasteiger partial charge is 0.122 e. The molecule has 118 valence electrons. The zero-order valence-corrected chi connectivity index (χ0v) is 13.5. The molecule has 1 aromatic carbocycles. The molecule has 0 spiro atoms. The number of rotatable bonds is 8. The van der Waals surface area contributed by atoms with E-state index in [2.05, 4.69) is 35.5 Å². The summed E-state index contributed by atoms with van der Waals surface area (Å²) in [5.74, 6) is 1.04. The van der Waals surface area contributed by atoms with E-state index in [1.807, 2.05) is 0 Å². The number of ether oxygens (including phenoxy) is 2. The van der Waals surface area contributed by atoms with Gasteiger partial charge in [0.05, 0.1) is 13.7 Å². The van der Waals surface area contributed by atoms with Crippen LogP contribution in [0.3, 0.4) is 0 Å². The summed E-state index contributed by atoms with van der Waals surface area (Å²) in [4.78, 5) is 2.30. The van der Waals surface area contributed by atoms with E-state index in [0.717, 1.165) is 38.4 Å². The SMILES string of the molecule is COCCN(C)CCNC1CCCc2c(OC)cccc21. The Bertz CT molecular complexity index is 437. The molecule has 1 aliphatic rings. The highest BCUT2D eigenvalue weighted by Gasteiger charge is 2.22. The molecule has 0 amide bonds. The fourth-order valence-electron chi connectivity index (χ4n) is 3.01. The first-order valence-corrected chi connectivity index (χ1v) is 7.83. The highest BCUT2D eigenvalue weighted by atomic mass is 16.5. The fraction of sp³-hybridized carbons (Fsp3) is 0.647. The van der Waals surface area contributed by atoms with Crippen LogP contribution >= 0.6 is 0 Å². The van der Waals surface area contributed by atoms with Crippen LogP contribution in [0.1, 0.15) is 30.0 Å². The Morgan fingerprint density at radius 3 is 2.90 bits per heavy atom. The Kier molecular flexibility index (Phi) is 6.49. The van der Waals surface area contributed by atoms with Gasteiger partial charge >= 0.3 is 0 Å². The lowest BCUT2D eigenvalue weighted by atomic mass is 9.87. The predicted molar refractivity (Wildman–Crippen MR) is 86.0 cm³/mol. The van der Waals surface area contributed by atoms with Crippen LogP contribution in [0.25, 0.3) is 0 Å². The molecule has 0 aliphatic heterocycles. The van der Waals surface area contributed by atoms with Crippen molar-refractivity contribution in [3.8, 4) is 5.75 Å². The maximum Gasteiger partial charge on any atom is 0.122 e. The van der Waals surface area contributed by atoms with Crippen molar-refractivity contribution in [1.29, 1.82) is 0 Å². The second-order valence-electron chi connectivity index (χ2n) is 5.72. The molecule has 4 heteroatoms. The van der Waals surface area contributed by atoms with Crippen molar-refractivity contribution in [2.24, 2.45) is 0 Å². The van der Waals surface area contributed by atoms with Gasteiger partial charge in [0.1, 0.15) is 5.75 Å². The zero-order valence-electron chi connectivity index (χ0n) is 13.5. The number of likely N-dealkylation sites (N-methyl/N-ethyl adjacent to an activating group) is 1. The first-order chi connectivity index (χ1) is 10.3. The molecule has 21 heavy (non-hydrogen) atoms. The first kappa shape index (κ1) is 16.3. The normalized spacial score (nSPS) is 17.8. The van der Waals surface area contributed by atoms with E-state index in [0.29, 0.717) is 6.04 Å². The van der Waals surface area contributed by atoms with E-state index < -0.39 is 0 Å². The summed E-state index contributed by atoms with van der Waals surface area (Å²) in [6.07, 6.45) is 3.57. The van der Waals surface area contributed by atoms with E-state index in [9.17, 15) is 0 Å². The summed E-state index contributed by atoms with van der Waals surface area (Å²) >= 11 is 0. The number of benzene rings is 1. The van der Waals surface area contributed by atoms with Gasteiger partial charge in [-0.1, -0.05) is 12.1 Å². The van der Waals surface area contributed by atoms with Gasteiger partial charge in [-0.3, -0.25) is 0 Å². The number of nitrogens with zero attached hydrogens (tertiary/aromatic N) is 1. The van der Waals surface area contributed by atoms with Crippen LogP contribution in [0.4, 0.5) is 0 Å². The summed E-state index contributed by atoms with van der Waals surface area (Å²) in [6, 6.07) is 6.87. The Morgan fingerprint density at radius 1 is 1.29 bits per heavy atom. The molecule has 0 heterocycles. The molecule has 0 fully saturated rings. The van der Waals surface area contributed by atoms with Crippen molar-refractivity contribution >= 4 is 0 Å². The van der Waals surface area contributed by atoms with Gasteiger partial charge in [-0.2, -0.15) is 0 Å². The number of nitrogens with one attached hydrogen (secondary N) is 1. The molecule has 1 N–H and O–H groups in total.